The minimum atomic E-state index is -2.17. The third kappa shape index (κ3) is 11.0. The maximum absolute atomic E-state index is 13.6. The van der Waals surface area contributed by atoms with Crippen molar-refractivity contribution in [2.45, 2.75) is 72.9 Å². The number of nitrogens with one attached hydrogen (secondary N) is 1. The van der Waals surface area contributed by atoms with Gasteiger partial charge in [0.25, 0.3) is 0 Å². The van der Waals surface area contributed by atoms with E-state index in [2.05, 4.69) is 20.2 Å². The molecule has 2 aliphatic rings. The van der Waals surface area contributed by atoms with Crippen LogP contribution in [0.25, 0.3) is 0 Å². The molecule has 2 fully saturated rings. The topological polar surface area (TPSA) is 67.4 Å². The molecule has 0 bridgehead atoms. The Labute approximate surface area is 224 Å². The van der Waals surface area contributed by atoms with Crippen LogP contribution in [0, 0.1) is 11.7 Å². The van der Waals surface area contributed by atoms with Crippen LogP contribution in [-0.4, -0.2) is 59.9 Å². The maximum Gasteiger partial charge on any atom is 0.235 e. The molecule has 208 valence electrons. The molecule has 37 heavy (non-hydrogen) atoms. The second kappa shape index (κ2) is 18.1. The Morgan fingerprint density at radius 3 is 2.46 bits per heavy atom. The van der Waals surface area contributed by atoms with E-state index in [9.17, 15) is 18.0 Å². The molecule has 1 aromatic carbocycles. The predicted octanol–water partition coefficient (Wildman–Crippen LogP) is 6.21. The number of anilines is 1. The highest BCUT2D eigenvalue weighted by Gasteiger charge is 2.35. The Hall–Kier alpha value is -2.23. The predicted molar refractivity (Wildman–Crippen MR) is 143 cm³/mol. The van der Waals surface area contributed by atoms with Crippen molar-refractivity contribution in [1.82, 2.24) is 14.9 Å². The monoisotopic (exact) mass is 544 g/mol. The number of hydrogen-bond donors (Lipinski definition) is 1. The first-order valence-corrected chi connectivity index (χ1v) is 13.3. The molecule has 2 aliphatic heterocycles. The molecule has 10 heteroatoms. The van der Waals surface area contributed by atoms with E-state index in [-0.39, 0.29) is 17.0 Å². The van der Waals surface area contributed by atoms with Crippen molar-refractivity contribution in [2.24, 2.45) is 5.92 Å². The van der Waals surface area contributed by atoms with Gasteiger partial charge in [-0.2, -0.15) is 0 Å². The average Bonchev–Trinajstić information content (AvgIpc) is 3.32. The molecule has 2 unspecified atom stereocenters. The van der Waals surface area contributed by atoms with Crippen LogP contribution in [0.5, 0.6) is 0 Å². The molecule has 2 saturated heterocycles. The van der Waals surface area contributed by atoms with Crippen LogP contribution in [-0.2, 0) is 28.9 Å². The number of ether oxygens (including phenoxy) is 1. The SMILES string of the molecule is CC.CC(F)F.CCc1nc(Cl)nc(NCc2ccccc2F)c1CC.O=CC1CCN2CCOCC12. The first-order valence-electron chi connectivity index (χ1n) is 12.9. The molecule has 0 amide bonds. The lowest BCUT2D eigenvalue weighted by molar-refractivity contribution is -0.113. The Morgan fingerprint density at radius 1 is 1.19 bits per heavy atom. The van der Waals surface area contributed by atoms with E-state index in [0.29, 0.717) is 24.0 Å². The highest BCUT2D eigenvalue weighted by molar-refractivity contribution is 6.28. The van der Waals surface area contributed by atoms with Crippen molar-refractivity contribution >= 4 is 23.7 Å². The Morgan fingerprint density at radius 2 is 1.86 bits per heavy atom. The third-order valence-electron chi connectivity index (χ3n) is 5.86. The van der Waals surface area contributed by atoms with Gasteiger partial charge in [-0.1, -0.05) is 45.9 Å². The number of benzene rings is 1. The second-order valence-corrected chi connectivity index (χ2v) is 8.54. The normalized spacial score (nSPS) is 18.3. The van der Waals surface area contributed by atoms with E-state index < -0.39 is 6.43 Å². The first kappa shape index (κ1) is 32.8. The number of aryl methyl sites for hydroxylation is 1. The molecular formula is C27H40ClF3N4O2. The van der Waals surface area contributed by atoms with Gasteiger partial charge in [0, 0.05) is 36.2 Å². The maximum atomic E-state index is 13.6. The van der Waals surface area contributed by atoms with Crippen molar-refractivity contribution in [3.8, 4) is 0 Å². The second-order valence-electron chi connectivity index (χ2n) is 8.20. The molecular weight excluding hydrogens is 505 g/mol. The van der Waals surface area contributed by atoms with E-state index in [1.54, 1.807) is 12.1 Å². The highest BCUT2D eigenvalue weighted by Crippen LogP contribution is 2.25. The van der Waals surface area contributed by atoms with Crippen molar-refractivity contribution in [3.63, 3.8) is 0 Å². The van der Waals surface area contributed by atoms with Gasteiger partial charge in [-0.15, -0.1) is 0 Å². The summed E-state index contributed by atoms with van der Waals surface area (Å²) in [4.78, 5) is 21.4. The molecule has 0 saturated carbocycles. The zero-order valence-electron chi connectivity index (χ0n) is 22.4. The zero-order chi connectivity index (χ0) is 27.8. The molecule has 1 aromatic heterocycles. The lowest BCUT2D eigenvalue weighted by atomic mass is 10.0. The van der Waals surface area contributed by atoms with Crippen LogP contribution in [0.2, 0.25) is 5.28 Å². The van der Waals surface area contributed by atoms with E-state index in [1.807, 2.05) is 33.8 Å². The van der Waals surface area contributed by atoms with Gasteiger partial charge in [-0.05, 0) is 50.4 Å². The molecule has 3 heterocycles. The minimum Gasteiger partial charge on any atom is -0.378 e. The first-order chi connectivity index (χ1) is 17.8. The number of hydrogen-bond acceptors (Lipinski definition) is 6. The summed E-state index contributed by atoms with van der Waals surface area (Å²) in [5, 5.41) is 3.38. The number of halogens is 4. The van der Waals surface area contributed by atoms with Crippen LogP contribution in [0.3, 0.4) is 0 Å². The average molecular weight is 545 g/mol. The standard InChI is InChI=1S/C15H17ClFN3.C8H13NO2.C2H4F2.C2H6/c1-3-11-13(4-2)19-15(16)20-14(11)18-9-10-7-5-6-8-12(10)17;10-5-7-1-2-9-3-4-11-6-8(7)9;1-2(3)4;1-2/h5-8H,3-4,9H2,1-2H3,(H,18,19,20);5,7-8H,1-4,6H2;2H,1H3;1-2H3. The minimum absolute atomic E-state index is 0.218. The summed E-state index contributed by atoms with van der Waals surface area (Å²) >= 11 is 5.93. The van der Waals surface area contributed by atoms with Crippen LogP contribution in [0.1, 0.15) is 57.9 Å². The Bertz CT molecular complexity index is 934. The summed E-state index contributed by atoms with van der Waals surface area (Å²) in [6, 6.07) is 7.07. The zero-order valence-corrected chi connectivity index (χ0v) is 23.2. The third-order valence-corrected chi connectivity index (χ3v) is 6.03. The number of alkyl halides is 2. The van der Waals surface area contributed by atoms with Crippen molar-refractivity contribution < 1.29 is 22.7 Å². The van der Waals surface area contributed by atoms with E-state index >= 15 is 0 Å². The summed E-state index contributed by atoms with van der Waals surface area (Å²) in [7, 11) is 0. The van der Waals surface area contributed by atoms with Gasteiger partial charge in [0.2, 0.25) is 11.7 Å². The Balaban J connectivity index is 0.000000336. The number of rotatable bonds is 6. The van der Waals surface area contributed by atoms with Gasteiger partial charge in [0.15, 0.2) is 0 Å². The van der Waals surface area contributed by atoms with Gasteiger partial charge >= 0.3 is 0 Å². The molecule has 1 N–H and O–H groups in total. The van der Waals surface area contributed by atoms with Crippen molar-refractivity contribution in [1.29, 1.82) is 0 Å². The lowest BCUT2D eigenvalue weighted by Gasteiger charge is -2.30. The highest BCUT2D eigenvalue weighted by atomic mass is 35.5. The summed E-state index contributed by atoms with van der Waals surface area (Å²) in [5.74, 6) is 0.691. The van der Waals surface area contributed by atoms with E-state index in [1.165, 1.54) is 6.07 Å². The number of carbonyl (C=O) groups is 1. The van der Waals surface area contributed by atoms with Gasteiger partial charge < -0.3 is 14.8 Å². The van der Waals surface area contributed by atoms with Gasteiger partial charge in [-0.3, -0.25) is 4.90 Å². The largest absolute Gasteiger partial charge is 0.378 e. The summed E-state index contributed by atoms with van der Waals surface area (Å²) in [6.45, 7) is 13.0. The number of fused-ring (bicyclic) bond motifs is 1. The van der Waals surface area contributed by atoms with Crippen LogP contribution in [0.15, 0.2) is 24.3 Å². The van der Waals surface area contributed by atoms with Crippen molar-refractivity contribution in [3.05, 3.63) is 52.2 Å². The number of carbonyl (C=O) groups excluding carboxylic acids is 1. The Kier molecular flexibility index (Phi) is 16.0. The smallest absolute Gasteiger partial charge is 0.235 e. The lowest BCUT2D eigenvalue weighted by Crippen LogP contribution is -2.43. The molecule has 2 aromatic rings. The molecule has 0 aliphatic carbocycles. The van der Waals surface area contributed by atoms with Gasteiger partial charge in [0.1, 0.15) is 17.9 Å². The van der Waals surface area contributed by atoms with Crippen LogP contribution < -0.4 is 5.32 Å². The number of morpholine rings is 1. The number of aromatic nitrogens is 2. The molecule has 0 radical (unpaired) electrons. The number of nitrogens with zero attached hydrogens (tertiary/aromatic N) is 3. The fraction of sp³-hybridized carbons (Fsp3) is 0.593. The molecule has 4 rings (SSSR count). The fourth-order valence-electron chi connectivity index (χ4n) is 4.13. The molecule has 0 spiro atoms. The van der Waals surface area contributed by atoms with Crippen LogP contribution in [0.4, 0.5) is 19.0 Å². The van der Waals surface area contributed by atoms with Crippen molar-refractivity contribution in [2.75, 3.05) is 31.6 Å². The number of aldehydes is 1. The van der Waals surface area contributed by atoms with Crippen LogP contribution >= 0.6 is 11.6 Å². The van der Waals surface area contributed by atoms with E-state index in [4.69, 9.17) is 16.3 Å². The summed E-state index contributed by atoms with van der Waals surface area (Å²) in [5.41, 5.74) is 2.57. The quantitative estimate of drug-likeness (QED) is 0.344. The van der Waals surface area contributed by atoms with Gasteiger partial charge in [-0.25, -0.2) is 23.1 Å². The molecule has 6 nitrogen and oxygen atoms in total. The summed E-state index contributed by atoms with van der Waals surface area (Å²) in [6.07, 6.45) is 1.54. The van der Waals surface area contributed by atoms with Gasteiger partial charge in [0.05, 0.1) is 18.9 Å². The molecule has 2 atom stereocenters. The fourth-order valence-corrected chi connectivity index (χ4v) is 4.31. The van der Waals surface area contributed by atoms with E-state index in [0.717, 1.165) is 70.0 Å². The summed E-state index contributed by atoms with van der Waals surface area (Å²) < 4.78 is 39.6.